The first-order valence-electron chi connectivity index (χ1n) is 9.63. The zero-order valence-electron chi connectivity index (χ0n) is 17.1. The zero-order valence-corrected chi connectivity index (χ0v) is 17.1. The number of rotatable bonds is 4. The van der Waals surface area contributed by atoms with Crippen LogP contribution in [0.15, 0.2) is 42.9 Å². The van der Waals surface area contributed by atoms with Gasteiger partial charge in [0.25, 0.3) is 0 Å². The molecule has 0 radical (unpaired) electrons. The molecular formula is C23H31N3. The van der Waals surface area contributed by atoms with E-state index in [2.05, 4.69) is 99.9 Å². The van der Waals surface area contributed by atoms with Gasteiger partial charge in [0.1, 0.15) is 6.17 Å². The predicted octanol–water partition coefficient (Wildman–Crippen LogP) is 6.09. The molecule has 1 aliphatic rings. The molecule has 0 saturated heterocycles. The van der Waals surface area contributed by atoms with Crippen LogP contribution in [0.2, 0.25) is 0 Å². The Morgan fingerprint density at radius 2 is 1.38 bits per heavy atom. The molecule has 1 atom stereocenters. The highest BCUT2D eigenvalue weighted by Gasteiger charge is 2.30. The average molecular weight is 350 g/mol. The number of aromatic nitrogens is 1. The summed E-state index contributed by atoms with van der Waals surface area (Å²) in [5.74, 6) is 0.973. The Bertz CT molecular complexity index is 774. The van der Waals surface area contributed by atoms with E-state index >= 15 is 0 Å². The summed E-state index contributed by atoms with van der Waals surface area (Å²) in [4.78, 5) is 9.29. The van der Waals surface area contributed by atoms with Gasteiger partial charge in [0.15, 0.2) is 0 Å². The summed E-state index contributed by atoms with van der Waals surface area (Å²) in [5.41, 5.74) is 7.74. The molecule has 3 heteroatoms. The summed E-state index contributed by atoms with van der Waals surface area (Å²) in [5, 5.41) is 0. The number of benzene rings is 1. The van der Waals surface area contributed by atoms with Crippen molar-refractivity contribution in [1.29, 1.82) is 0 Å². The maximum atomic E-state index is 4.51. The van der Waals surface area contributed by atoms with Gasteiger partial charge in [-0.15, -0.1) is 0 Å². The maximum Gasteiger partial charge on any atom is 0.107 e. The van der Waals surface area contributed by atoms with Crippen molar-refractivity contribution < 1.29 is 0 Å². The molecule has 0 aliphatic carbocycles. The van der Waals surface area contributed by atoms with Gasteiger partial charge in [-0.1, -0.05) is 45.9 Å². The first-order valence-corrected chi connectivity index (χ1v) is 9.63. The van der Waals surface area contributed by atoms with E-state index < -0.39 is 0 Å². The molecule has 2 aromatic rings. The zero-order chi connectivity index (χ0) is 19.0. The summed E-state index contributed by atoms with van der Waals surface area (Å²) in [6.07, 6.45) is 6.53. The summed E-state index contributed by atoms with van der Waals surface area (Å²) in [6, 6.07) is 8.84. The van der Waals surface area contributed by atoms with Crippen LogP contribution < -0.4 is 9.80 Å². The highest BCUT2D eigenvalue weighted by Crippen LogP contribution is 2.40. The molecule has 0 spiro atoms. The van der Waals surface area contributed by atoms with Gasteiger partial charge in [-0.3, -0.25) is 4.98 Å². The lowest BCUT2D eigenvalue weighted by atomic mass is 9.92. The number of pyridine rings is 1. The minimum atomic E-state index is 0.217. The summed E-state index contributed by atoms with van der Waals surface area (Å²) in [6.45, 7) is 15.6. The van der Waals surface area contributed by atoms with Crippen molar-refractivity contribution in [2.75, 3.05) is 9.80 Å². The molecule has 1 aromatic carbocycles. The van der Waals surface area contributed by atoms with Gasteiger partial charge >= 0.3 is 0 Å². The van der Waals surface area contributed by atoms with Crippen LogP contribution in [0.4, 0.5) is 11.4 Å². The number of aryl methyl sites for hydroxylation is 2. The molecule has 0 unspecified atom stereocenters. The summed E-state index contributed by atoms with van der Waals surface area (Å²) in [7, 11) is 0. The van der Waals surface area contributed by atoms with E-state index in [-0.39, 0.29) is 6.17 Å². The monoisotopic (exact) mass is 349 g/mol. The largest absolute Gasteiger partial charge is 0.325 e. The Labute approximate surface area is 158 Å². The number of anilines is 2. The normalized spacial score (nSPS) is 17.0. The molecule has 26 heavy (non-hydrogen) atoms. The third kappa shape index (κ3) is 3.11. The van der Waals surface area contributed by atoms with Gasteiger partial charge in [0.05, 0.1) is 11.4 Å². The smallest absolute Gasteiger partial charge is 0.107 e. The molecule has 1 aliphatic heterocycles. The van der Waals surface area contributed by atoms with Gasteiger partial charge in [-0.25, -0.2) is 0 Å². The quantitative estimate of drug-likeness (QED) is 0.666. The van der Waals surface area contributed by atoms with E-state index in [0.717, 1.165) is 5.69 Å². The molecule has 1 aromatic heterocycles. The Morgan fingerprint density at radius 3 is 1.88 bits per heavy atom. The molecule has 0 saturated carbocycles. The predicted molar refractivity (Wildman–Crippen MR) is 112 cm³/mol. The molecule has 2 heterocycles. The van der Waals surface area contributed by atoms with Crippen LogP contribution in [0.1, 0.15) is 68.8 Å². The van der Waals surface area contributed by atoms with Crippen molar-refractivity contribution in [3.8, 4) is 0 Å². The molecular weight excluding hydrogens is 318 g/mol. The molecule has 0 bridgehead atoms. The third-order valence-electron chi connectivity index (χ3n) is 5.36. The lowest BCUT2D eigenvalue weighted by Gasteiger charge is -2.34. The maximum absolute atomic E-state index is 4.51. The Kier molecular flexibility index (Phi) is 5.08. The van der Waals surface area contributed by atoms with E-state index in [9.17, 15) is 0 Å². The second kappa shape index (κ2) is 7.14. The van der Waals surface area contributed by atoms with Gasteiger partial charge in [-0.2, -0.15) is 0 Å². The summed E-state index contributed by atoms with van der Waals surface area (Å²) >= 11 is 0. The SMILES string of the molecule is Cc1ccnc(C)c1N1C=CN(c2c(C(C)C)cccc2C(C)C)[C@H]1C. The van der Waals surface area contributed by atoms with Crippen molar-refractivity contribution >= 4 is 11.4 Å². The van der Waals surface area contributed by atoms with Gasteiger partial charge < -0.3 is 9.80 Å². The summed E-state index contributed by atoms with van der Waals surface area (Å²) < 4.78 is 0. The van der Waals surface area contributed by atoms with E-state index in [1.165, 1.54) is 28.1 Å². The van der Waals surface area contributed by atoms with E-state index in [4.69, 9.17) is 0 Å². The molecule has 0 amide bonds. The topological polar surface area (TPSA) is 19.4 Å². The second-order valence-electron chi connectivity index (χ2n) is 7.90. The average Bonchev–Trinajstić information content (AvgIpc) is 2.95. The minimum absolute atomic E-state index is 0.217. The van der Waals surface area contributed by atoms with Crippen LogP contribution in [0.3, 0.4) is 0 Å². The number of nitrogens with zero attached hydrogens (tertiary/aromatic N) is 3. The lowest BCUT2D eigenvalue weighted by molar-refractivity contribution is 0.724. The third-order valence-corrected chi connectivity index (χ3v) is 5.36. The van der Waals surface area contributed by atoms with E-state index in [0.29, 0.717) is 11.8 Å². The lowest BCUT2D eigenvalue weighted by Crippen LogP contribution is -2.37. The molecule has 3 rings (SSSR count). The highest BCUT2D eigenvalue weighted by molar-refractivity contribution is 5.70. The van der Waals surface area contributed by atoms with Gasteiger partial charge in [-0.05, 0) is 55.4 Å². The van der Waals surface area contributed by atoms with Gasteiger partial charge in [0.2, 0.25) is 0 Å². The van der Waals surface area contributed by atoms with Crippen molar-refractivity contribution in [2.45, 2.75) is 66.5 Å². The highest BCUT2D eigenvalue weighted by atomic mass is 15.4. The Morgan fingerprint density at radius 1 is 0.846 bits per heavy atom. The Balaban J connectivity index is 2.07. The fraction of sp³-hybridized carbons (Fsp3) is 0.435. The standard InChI is InChI=1S/C23H31N3/c1-15(2)20-9-8-10-21(16(3)4)23(20)26-14-13-25(19(26)7)22-17(5)11-12-24-18(22)6/h8-16,19H,1-7H3/t19-/m0/s1. The van der Waals surface area contributed by atoms with Crippen LogP contribution in [-0.4, -0.2) is 11.1 Å². The molecule has 0 N–H and O–H groups in total. The van der Waals surface area contributed by atoms with Gasteiger partial charge in [0, 0.05) is 24.3 Å². The van der Waals surface area contributed by atoms with Crippen LogP contribution in [-0.2, 0) is 0 Å². The molecule has 3 nitrogen and oxygen atoms in total. The first kappa shape index (κ1) is 18.5. The number of hydrogen-bond acceptors (Lipinski definition) is 3. The van der Waals surface area contributed by atoms with Crippen LogP contribution in [0.25, 0.3) is 0 Å². The van der Waals surface area contributed by atoms with Crippen LogP contribution >= 0.6 is 0 Å². The van der Waals surface area contributed by atoms with Crippen molar-refractivity contribution in [2.24, 2.45) is 0 Å². The van der Waals surface area contributed by atoms with Crippen molar-refractivity contribution in [3.05, 3.63) is 65.2 Å². The fourth-order valence-corrected chi connectivity index (χ4v) is 3.94. The van der Waals surface area contributed by atoms with E-state index in [1.807, 2.05) is 6.20 Å². The number of para-hydroxylation sites is 1. The molecule has 138 valence electrons. The van der Waals surface area contributed by atoms with Crippen LogP contribution in [0.5, 0.6) is 0 Å². The van der Waals surface area contributed by atoms with Crippen molar-refractivity contribution in [3.63, 3.8) is 0 Å². The Hall–Kier alpha value is -2.29. The fourth-order valence-electron chi connectivity index (χ4n) is 3.94. The van der Waals surface area contributed by atoms with E-state index in [1.54, 1.807) is 0 Å². The molecule has 0 fully saturated rings. The van der Waals surface area contributed by atoms with Crippen molar-refractivity contribution in [1.82, 2.24) is 4.98 Å². The number of hydrogen-bond donors (Lipinski definition) is 0. The second-order valence-corrected chi connectivity index (χ2v) is 7.90. The first-order chi connectivity index (χ1) is 12.3. The van der Waals surface area contributed by atoms with Crippen LogP contribution in [0, 0.1) is 13.8 Å². The minimum Gasteiger partial charge on any atom is -0.325 e.